The summed E-state index contributed by atoms with van der Waals surface area (Å²) in [6, 6.07) is 32.9. The maximum atomic E-state index is 4.61. The molecule has 0 atom stereocenters. The van der Waals surface area contributed by atoms with Gasteiger partial charge >= 0.3 is 0 Å². The maximum Gasteiger partial charge on any atom is 0.147 e. The van der Waals surface area contributed by atoms with E-state index in [1.165, 1.54) is 65.6 Å². The molecule has 0 amide bonds. The molecular formula is C32H21N3. The summed E-state index contributed by atoms with van der Waals surface area (Å²) in [6.45, 7) is 0.635. The Kier molecular flexibility index (Phi) is 3.78. The fraction of sp³-hybridized carbons (Fsp3) is 0.0625. The Bertz CT molecular complexity index is 1950. The minimum atomic E-state index is 0.635. The number of rotatable bonds is 2. The molecule has 1 aliphatic rings. The molecule has 35 heavy (non-hydrogen) atoms. The molecule has 5 aromatic carbocycles. The highest BCUT2D eigenvalue weighted by atomic mass is 15.0. The van der Waals surface area contributed by atoms with E-state index in [2.05, 4.69) is 99.5 Å². The van der Waals surface area contributed by atoms with Crippen molar-refractivity contribution in [1.82, 2.24) is 14.5 Å². The molecule has 1 aliphatic carbocycles. The molecule has 0 radical (unpaired) electrons. The molecule has 0 fully saturated rings. The second-order valence-corrected chi connectivity index (χ2v) is 9.39. The van der Waals surface area contributed by atoms with E-state index in [-0.39, 0.29) is 0 Å². The molecule has 0 N–H and O–H groups in total. The van der Waals surface area contributed by atoms with Gasteiger partial charge in [0.25, 0.3) is 0 Å². The van der Waals surface area contributed by atoms with Crippen LogP contribution in [0.4, 0.5) is 0 Å². The number of benzene rings is 5. The van der Waals surface area contributed by atoms with E-state index in [0.29, 0.717) is 6.54 Å². The Labute approximate surface area is 202 Å². The number of aromatic nitrogens is 3. The van der Waals surface area contributed by atoms with Crippen LogP contribution in [0.1, 0.15) is 17.0 Å². The zero-order chi connectivity index (χ0) is 22.9. The van der Waals surface area contributed by atoms with Crippen LogP contribution in [-0.4, -0.2) is 14.5 Å². The predicted molar refractivity (Wildman–Crippen MR) is 144 cm³/mol. The van der Waals surface area contributed by atoms with Gasteiger partial charge in [0.15, 0.2) is 0 Å². The molecule has 7 aromatic rings. The highest BCUT2D eigenvalue weighted by molar-refractivity contribution is 6.29. The van der Waals surface area contributed by atoms with E-state index in [9.17, 15) is 0 Å². The number of hydrogen-bond donors (Lipinski definition) is 0. The maximum absolute atomic E-state index is 4.61. The average Bonchev–Trinajstić information content (AvgIpc) is 3.46. The van der Waals surface area contributed by atoms with Crippen molar-refractivity contribution in [2.24, 2.45) is 0 Å². The topological polar surface area (TPSA) is 30.7 Å². The van der Waals surface area contributed by atoms with Crippen LogP contribution in [0.2, 0.25) is 0 Å². The molecule has 3 nitrogen and oxygen atoms in total. The summed E-state index contributed by atoms with van der Waals surface area (Å²) in [5.41, 5.74) is 8.13. The first kappa shape index (κ1) is 18.9. The normalized spacial score (nSPS) is 12.6. The van der Waals surface area contributed by atoms with Gasteiger partial charge in [0, 0.05) is 35.0 Å². The van der Waals surface area contributed by atoms with Gasteiger partial charge in [-0.15, -0.1) is 0 Å². The molecule has 2 aromatic heterocycles. The zero-order valence-electron chi connectivity index (χ0n) is 19.1. The SMILES string of the molecule is c1cnc(Cn2c3c4c(c5ccccc5c3c3ccc5ccccc5c32)-c2ccccc2C4)nc1. The molecule has 0 saturated heterocycles. The van der Waals surface area contributed by atoms with Gasteiger partial charge in [-0.25, -0.2) is 9.97 Å². The molecular weight excluding hydrogens is 426 g/mol. The lowest BCUT2D eigenvalue weighted by atomic mass is 9.93. The Balaban J connectivity index is 1.63. The predicted octanol–water partition coefficient (Wildman–Crippen LogP) is 7.51. The highest BCUT2D eigenvalue weighted by Gasteiger charge is 2.28. The number of hydrogen-bond acceptors (Lipinski definition) is 2. The molecule has 0 saturated carbocycles. The summed E-state index contributed by atoms with van der Waals surface area (Å²) in [5.74, 6) is 0.830. The van der Waals surface area contributed by atoms with Gasteiger partial charge in [0.1, 0.15) is 5.82 Å². The lowest BCUT2D eigenvalue weighted by Crippen LogP contribution is -2.05. The van der Waals surface area contributed by atoms with Crippen LogP contribution in [0.25, 0.3) is 54.5 Å². The van der Waals surface area contributed by atoms with Gasteiger partial charge in [0.05, 0.1) is 17.6 Å². The first-order chi connectivity index (χ1) is 17.4. The monoisotopic (exact) mass is 447 g/mol. The van der Waals surface area contributed by atoms with Crippen molar-refractivity contribution < 1.29 is 0 Å². The van der Waals surface area contributed by atoms with Crippen molar-refractivity contribution in [1.29, 1.82) is 0 Å². The van der Waals surface area contributed by atoms with E-state index < -0.39 is 0 Å². The minimum absolute atomic E-state index is 0.635. The van der Waals surface area contributed by atoms with E-state index in [4.69, 9.17) is 0 Å². The zero-order valence-corrected chi connectivity index (χ0v) is 19.1. The average molecular weight is 448 g/mol. The van der Waals surface area contributed by atoms with Gasteiger partial charge in [0.2, 0.25) is 0 Å². The van der Waals surface area contributed by atoms with Crippen LogP contribution in [0.5, 0.6) is 0 Å². The van der Waals surface area contributed by atoms with Crippen molar-refractivity contribution in [3.05, 3.63) is 120 Å². The third kappa shape index (κ3) is 2.55. The fourth-order valence-electron chi connectivity index (χ4n) is 6.21. The lowest BCUT2D eigenvalue weighted by molar-refractivity contribution is 0.793. The highest BCUT2D eigenvalue weighted by Crippen LogP contribution is 2.49. The lowest BCUT2D eigenvalue weighted by Gasteiger charge is -2.13. The largest absolute Gasteiger partial charge is 0.332 e. The van der Waals surface area contributed by atoms with Crippen LogP contribution in [0, 0.1) is 0 Å². The Morgan fingerprint density at radius 1 is 0.629 bits per heavy atom. The van der Waals surface area contributed by atoms with Gasteiger partial charge in [-0.1, -0.05) is 84.9 Å². The summed E-state index contributed by atoms with van der Waals surface area (Å²) >= 11 is 0. The second kappa shape index (κ2) is 7.00. The smallest absolute Gasteiger partial charge is 0.147 e. The van der Waals surface area contributed by atoms with Crippen molar-refractivity contribution >= 4 is 43.4 Å². The Morgan fingerprint density at radius 3 is 2.26 bits per heavy atom. The van der Waals surface area contributed by atoms with Crippen LogP contribution >= 0.6 is 0 Å². The van der Waals surface area contributed by atoms with E-state index in [1.807, 2.05) is 18.5 Å². The van der Waals surface area contributed by atoms with Crippen molar-refractivity contribution in [2.75, 3.05) is 0 Å². The van der Waals surface area contributed by atoms with Gasteiger partial charge < -0.3 is 4.57 Å². The van der Waals surface area contributed by atoms with E-state index in [1.54, 1.807) is 0 Å². The quantitative estimate of drug-likeness (QED) is 0.274. The molecule has 2 heterocycles. The summed E-state index contributed by atoms with van der Waals surface area (Å²) < 4.78 is 2.49. The van der Waals surface area contributed by atoms with E-state index >= 15 is 0 Å². The summed E-state index contributed by atoms with van der Waals surface area (Å²) in [7, 11) is 0. The molecule has 0 spiro atoms. The molecule has 8 rings (SSSR count). The molecule has 0 aliphatic heterocycles. The van der Waals surface area contributed by atoms with Gasteiger partial charge in [-0.3, -0.25) is 0 Å². The molecule has 0 unspecified atom stereocenters. The van der Waals surface area contributed by atoms with Gasteiger partial charge in [-0.2, -0.15) is 0 Å². The molecule has 164 valence electrons. The summed E-state index contributed by atoms with van der Waals surface area (Å²) in [5, 5.41) is 7.80. The molecule has 0 bridgehead atoms. The number of nitrogens with zero attached hydrogens (tertiary/aromatic N) is 3. The van der Waals surface area contributed by atoms with Crippen molar-refractivity contribution in [3.8, 4) is 11.1 Å². The Morgan fingerprint density at radius 2 is 1.37 bits per heavy atom. The minimum Gasteiger partial charge on any atom is -0.332 e. The van der Waals surface area contributed by atoms with Crippen LogP contribution in [0.3, 0.4) is 0 Å². The standard InChI is InChI=1S/C32H21N3/c1-4-11-23-20(8-1)14-15-26-30-25-13-6-5-12-24(25)29-22-10-3-2-9-21(22)18-27(29)32(30)35(31(23)26)19-28-33-16-7-17-34-28/h1-17H,18-19H2. The summed E-state index contributed by atoms with van der Waals surface area (Å²) in [4.78, 5) is 9.22. The van der Waals surface area contributed by atoms with E-state index in [0.717, 1.165) is 12.2 Å². The van der Waals surface area contributed by atoms with Crippen LogP contribution in [0.15, 0.2) is 103 Å². The Hall–Kier alpha value is -4.50. The summed E-state index contributed by atoms with van der Waals surface area (Å²) in [6.07, 6.45) is 4.62. The van der Waals surface area contributed by atoms with Crippen LogP contribution < -0.4 is 0 Å². The number of fused-ring (bicyclic) bond motifs is 12. The first-order valence-electron chi connectivity index (χ1n) is 12.1. The fourth-order valence-corrected chi connectivity index (χ4v) is 6.21. The van der Waals surface area contributed by atoms with Crippen molar-refractivity contribution in [3.63, 3.8) is 0 Å². The molecule has 3 heteroatoms. The first-order valence-corrected chi connectivity index (χ1v) is 12.1. The van der Waals surface area contributed by atoms with Crippen molar-refractivity contribution in [2.45, 2.75) is 13.0 Å². The third-order valence-corrected chi connectivity index (χ3v) is 7.57. The second-order valence-electron chi connectivity index (χ2n) is 9.39. The van der Waals surface area contributed by atoms with Gasteiger partial charge in [-0.05, 0) is 44.5 Å². The third-order valence-electron chi connectivity index (χ3n) is 7.57. The van der Waals surface area contributed by atoms with Crippen LogP contribution in [-0.2, 0) is 13.0 Å².